The molecular weight excluding hydrogens is 280 g/mol. The van der Waals surface area contributed by atoms with Crippen molar-refractivity contribution < 1.29 is 9.59 Å². The summed E-state index contributed by atoms with van der Waals surface area (Å²) in [5, 5.41) is 2.48. The number of aromatic nitrogens is 1. The molecule has 0 bridgehead atoms. The number of primary amides is 1. The molecule has 1 aromatic heterocycles. The number of fused-ring (bicyclic) bond motifs is 1. The number of benzene rings is 1. The third-order valence-electron chi connectivity index (χ3n) is 4.00. The zero-order valence-corrected chi connectivity index (χ0v) is 12.3. The highest BCUT2D eigenvalue weighted by Crippen LogP contribution is 2.27. The number of urea groups is 1. The van der Waals surface area contributed by atoms with Gasteiger partial charge < -0.3 is 20.5 Å². The van der Waals surface area contributed by atoms with E-state index >= 15 is 0 Å². The van der Waals surface area contributed by atoms with Gasteiger partial charge in [-0.05, 0) is 43.3 Å². The molecule has 0 unspecified atom stereocenters. The van der Waals surface area contributed by atoms with Gasteiger partial charge in [-0.25, -0.2) is 4.79 Å². The average molecular weight is 298 g/mol. The summed E-state index contributed by atoms with van der Waals surface area (Å²) >= 11 is 0. The van der Waals surface area contributed by atoms with E-state index < -0.39 is 6.03 Å². The number of carbonyl (C=O) groups is 2. The summed E-state index contributed by atoms with van der Waals surface area (Å²) in [7, 11) is 0. The maximum absolute atomic E-state index is 12.7. The number of hydrogen-bond acceptors (Lipinski definition) is 2. The first-order valence-electron chi connectivity index (χ1n) is 7.19. The van der Waals surface area contributed by atoms with E-state index in [9.17, 15) is 9.59 Å². The van der Waals surface area contributed by atoms with E-state index in [0.29, 0.717) is 17.8 Å². The van der Waals surface area contributed by atoms with E-state index in [1.54, 1.807) is 24.3 Å². The molecule has 2 heterocycles. The number of hydrogen-bond donors (Lipinski definition) is 2. The lowest BCUT2D eigenvalue weighted by Gasteiger charge is -2.35. The molecule has 0 spiro atoms. The Hall–Kier alpha value is -2.76. The van der Waals surface area contributed by atoms with Crippen molar-refractivity contribution in [2.75, 3.05) is 11.9 Å². The van der Waals surface area contributed by atoms with Gasteiger partial charge in [0, 0.05) is 36.2 Å². The third-order valence-corrected chi connectivity index (χ3v) is 4.00. The topological polar surface area (TPSA) is 80.4 Å². The summed E-state index contributed by atoms with van der Waals surface area (Å²) in [5.41, 5.74) is 7.38. The minimum absolute atomic E-state index is 0.00873. The van der Waals surface area contributed by atoms with Gasteiger partial charge in [-0.3, -0.25) is 4.79 Å². The Kier molecular flexibility index (Phi) is 3.58. The van der Waals surface area contributed by atoms with Crippen LogP contribution < -0.4 is 11.1 Å². The lowest BCUT2D eigenvalue weighted by atomic mass is 10.1. The molecule has 0 fully saturated rings. The highest BCUT2D eigenvalue weighted by molar-refractivity contribution is 5.95. The van der Waals surface area contributed by atoms with E-state index in [4.69, 9.17) is 5.73 Å². The largest absolute Gasteiger partial charge is 0.351 e. The van der Waals surface area contributed by atoms with Gasteiger partial charge in [-0.2, -0.15) is 0 Å². The lowest BCUT2D eigenvalue weighted by Crippen LogP contribution is -2.40. The van der Waals surface area contributed by atoms with Crippen LogP contribution in [0.25, 0.3) is 0 Å². The molecule has 3 rings (SSSR count). The number of anilines is 1. The maximum Gasteiger partial charge on any atom is 0.316 e. The molecule has 0 saturated heterocycles. The molecule has 6 nitrogen and oxygen atoms in total. The van der Waals surface area contributed by atoms with E-state index in [1.807, 2.05) is 30.2 Å². The van der Waals surface area contributed by atoms with Crippen LogP contribution in [-0.2, 0) is 6.54 Å². The van der Waals surface area contributed by atoms with Crippen LogP contribution in [0.1, 0.15) is 29.0 Å². The quantitative estimate of drug-likeness (QED) is 0.891. The smallest absolute Gasteiger partial charge is 0.316 e. The van der Waals surface area contributed by atoms with Crippen molar-refractivity contribution >= 4 is 17.6 Å². The Morgan fingerprint density at radius 3 is 2.59 bits per heavy atom. The van der Waals surface area contributed by atoms with Crippen molar-refractivity contribution in [1.82, 2.24) is 9.47 Å². The third kappa shape index (κ3) is 2.55. The summed E-state index contributed by atoms with van der Waals surface area (Å²) in [4.78, 5) is 25.3. The van der Waals surface area contributed by atoms with Crippen LogP contribution in [0.3, 0.4) is 0 Å². The molecule has 0 saturated carbocycles. The van der Waals surface area contributed by atoms with Gasteiger partial charge in [-0.1, -0.05) is 0 Å². The van der Waals surface area contributed by atoms with Crippen molar-refractivity contribution in [3.63, 3.8) is 0 Å². The highest BCUT2D eigenvalue weighted by Gasteiger charge is 2.27. The standard InChI is InChI=1S/C16H18N4O2/c1-11-14-3-2-8-19(14)9-10-20(11)15(21)12-4-6-13(7-5-12)18-16(17)22/h2-8,11H,9-10H2,1H3,(H3,17,18,22)/t11-/m1/s1. The lowest BCUT2D eigenvalue weighted by molar-refractivity contribution is 0.0644. The van der Waals surface area contributed by atoms with Gasteiger partial charge in [0.1, 0.15) is 0 Å². The van der Waals surface area contributed by atoms with Crippen molar-refractivity contribution in [1.29, 1.82) is 0 Å². The van der Waals surface area contributed by atoms with Crippen LogP contribution in [-0.4, -0.2) is 28.0 Å². The number of nitrogens with zero attached hydrogens (tertiary/aromatic N) is 2. The Labute approximate surface area is 128 Å². The second-order valence-corrected chi connectivity index (χ2v) is 5.37. The van der Waals surface area contributed by atoms with Crippen LogP contribution in [0.2, 0.25) is 0 Å². The summed E-state index contributed by atoms with van der Waals surface area (Å²) in [6.45, 7) is 3.52. The summed E-state index contributed by atoms with van der Waals surface area (Å²) in [5.74, 6) is -0.00873. The van der Waals surface area contributed by atoms with Gasteiger partial charge in [0.2, 0.25) is 0 Å². The molecule has 2 aromatic rings. The predicted octanol–water partition coefficient (Wildman–Crippen LogP) is 2.20. The van der Waals surface area contributed by atoms with E-state index in [2.05, 4.69) is 9.88 Å². The first kappa shape index (κ1) is 14.2. The number of nitrogens with one attached hydrogen (secondary N) is 1. The Morgan fingerprint density at radius 1 is 1.18 bits per heavy atom. The highest BCUT2D eigenvalue weighted by atomic mass is 16.2. The van der Waals surface area contributed by atoms with Crippen molar-refractivity contribution in [2.45, 2.75) is 19.5 Å². The Bertz CT molecular complexity index is 705. The molecule has 1 aliphatic heterocycles. The molecule has 3 N–H and O–H groups in total. The molecule has 1 aliphatic rings. The van der Waals surface area contributed by atoms with Gasteiger partial charge >= 0.3 is 6.03 Å². The predicted molar refractivity (Wildman–Crippen MR) is 83.5 cm³/mol. The zero-order valence-electron chi connectivity index (χ0n) is 12.3. The Balaban J connectivity index is 1.78. The summed E-state index contributed by atoms with van der Waals surface area (Å²) < 4.78 is 2.17. The number of nitrogens with two attached hydrogens (primary N) is 1. The SMILES string of the molecule is C[C@@H]1c2cccn2CCN1C(=O)c1ccc(NC(N)=O)cc1. The fourth-order valence-corrected chi connectivity index (χ4v) is 2.86. The average Bonchev–Trinajstić information content (AvgIpc) is 2.96. The second-order valence-electron chi connectivity index (χ2n) is 5.37. The van der Waals surface area contributed by atoms with Gasteiger partial charge in [0.15, 0.2) is 0 Å². The van der Waals surface area contributed by atoms with Gasteiger partial charge in [0.05, 0.1) is 6.04 Å². The molecule has 0 aliphatic carbocycles. The number of rotatable bonds is 2. The normalized spacial score (nSPS) is 17.0. The molecule has 1 atom stereocenters. The minimum Gasteiger partial charge on any atom is -0.351 e. The van der Waals surface area contributed by atoms with Crippen LogP contribution in [0.5, 0.6) is 0 Å². The molecule has 1 aromatic carbocycles. The number of amides is 3. The fraction of sp³-hybridized carbons (Fsp3) is 0.250. The molecule has 3 amide bonds. The second kappa shape index (κ2) is 5.55. The fourth-order valence-electron chi connectivity index (χ4n) is 2.86. The zero-order chi connectivity index (χ0) is 15.7. The van der Waals surface area contributed by atoms with Crippen molar-refractivity contribution in [3.8, 4) is 0 Å². The summed E-state index contributed by atoms with van der Waals surface area (Å²) in [6, 6.07) is 10.2. The van der Waals surface area contributed by atoms with Crippen LogP contribution in [0.15, 0.2) is 42.6 Å². The number of carbonyl (C=O) groups excluding carboxylic acids is 2. The molecule has 6 heteroatoms. The monoisotopic (exact) mass is 298 g/mol. The van der Waals surface area contributed by atoms with E-state index in [0.717, 1.165) is 12.2 Å². The molecule has 114 valence electrons. The van der Waals surface area contributed by atoms with Crippen molar-refractivity contribution in [2.24, 2.45) is 5.73 Å². The van der Waals surface area contributed by atoms with Crippen LogP contribution in [0, 0.1) is 0 Å². The van der Waals surface area contributed by atoms with Gasteiger partial charge in [-0.15, -0.1) is 0 Å². The molecule has 0 radical (unpaired) electrons. The first-order chi connectivity index (χ1) is 10.6. The molecular formula is C16H18N4O2. The maximum atomic E-state index is 12.7. The molecule has 22 heavy (non-hydrogen) atoms. The van der Waals surface area contributed by atoms with Crippen LogP contribution >= 0.6 is 0 Å². The summed E-state index contributed by atoms with van der Waals surface area (Å²) in [6.07, 6.45) is 2.04. The van der Waals surface area contributed by atoms with E-state index in [1.165, 1.54) is 0 Å². The van der Waals surface area contributed by atoms with E-state index in [-0.39, 0.29) is 11.9 Å². The first-order valence-corrected chi connectivity index (χ1v) is 7.19. The Morgan fingerprint density at radius 2 is 1.91 bits per heavy atom. The van der Waals surface area contributed by atoms with Crippen LogP contribution in [0.4, 0.5) is 10.5 Å². The van der Waals surface area contributed by atoms with Gasteiger partial charge in [0.25, 0.3) is 5.91 Å². The minimum atomic E-state index is -0.621. The van der Waals surface area contributed by atoms with Crippen molar-refractivity contribution in [3.05, 3.63) is 53.9 Å².